The summed E-state index contributed by atoms with van der Waals surface area (Å²) in [7, 11) is 0. The van der Waals surface area contributed by atoms with Gasteiger partial charge in [-0.25, -0.2) is 4.98 Å². The van der Waals surface area contributed by atoms with E-state index in [2.05, 4.69) is 9.88 Å². The average Bonchev–Trinajstić information content (AvgIpc) is 2.64. The number of carbonyl (C=O) groups excluding carboxylic acids is 1. The highest BCUT2D eigenvalue weighted by Crippen LogP contribution is 2.18. The molecule has 19 heavy (non-hydrogen) atoms. The maximum atomic E-state index is 11.4. The van der Waals surface area contributed by atoms with Crippen molar-refractivity contribution in [1.29, 1.82) is 0 Å². The van der Waals surface area contributed by atoms with E-state index in [-0.39, 0.29) is 11.9 Å². The van der Waals surface area contributed by atoms with Crippen LogP contribution in [0.25, 0.3) is 0 Å². The second kappa shape index (κ2) is 6.02. The van der Waals surface area contributed by atoms with Crippen molar-refractivity contribution < 1.29 is 4.79 Å². The van der Waals surface area contributed by atoms with Crippen LogP contribution in [0.15, 0.2) is 18.3 Å². The van der Waals surface area contributed by atoms with Gasteiger partial charge < -0.3 is 15.5 Å². The molecule has 0 unspecified atom stereocenters. The van der Waals surface area contributed by atoms with Crippen LogP contribution in [0.5, 0.6) is 0 Å². The topological polar surface area (TPSA) is 62.5 Å². The van der Waals surface area contributed by atoms with Gasteiger partial charge in [0.2, 0.25) is 5.91 Å². The van der Waals surface area contributed by atoms with E-state index in [1.165, 1.54) is 0 Å². The van der Waals surface area contributed by atoms with Crippen LogP contribution in [0.1, 0.15) is 31.9 Å². The zero-order valence-electron chi connectivity index (χ0n) is 11.7. The molecule has 1 saturated heterocycles. The Hall–Kier alpha value is -1.62. The predicted octanol–water partition coefficient (Wildman–Crippen LogP) is 1.16. The molecule has 0 saturated carbocycles. The lowest BCUT2D eigenvalue weighted by atomic mass is 10.1. The molecule has 104 valence electrons. The third kappa shape index (κ3) is 3.44. The zero-order chi connectivity index (χ0) is 13.8. The van der Waals surface area contributed by atoms with Gasteiger partial charge >= 0.3 is 0 Å². The standard InChI is InChI=1S/C14H22N4O/c1-11(15)13-4-5-16-14(10-13)18-7-3-6-17(8-9-18)12(2)19/h4-5,10-11H,3,6-9,15H2,1-2H3/t11-/m1/s1. The molecular formula is C14H22N4O. The van der Waals surface area contributed by atoms with Crippen LogP contribution >= 0.6 is 0 Å². The smallest absolute Gasteiger partial charge is 0.219 e. The summed E-state index contributed by atoms with van der Waals surface area (Å²) in [6.07, 6.45) is 2.78. The molecule has 0 spiro atoms. The maximum absolute atomic E-state index is 11.4. The molecular weight excluding hydrogens is 240 g/mol. The number of anilines is 1. The Kier molecular flexibility index (Phi) is 4.37. The normalized spacial score (nSPS) is 18.1. The monoisotopic (exact) mass is 262 g/mol. The van der Waals surface area contributed by atoms with E-state index >= 15 is 0 Å². The fourth-order valence-corrected chi connectivity index (χ4v) is 2.35. The van der Waals surface area contributed by atoms with Crippen LogP contribution in [0.4, 0.5) is 5.82 Å². The first kappa shape index (κ1) is 13.8. The molecule has 2 rings (SSSR count). The van der Waals surface area contributed by atoms with Crippen molar-refractivity contribution >= 4 is 11.7 Å². The van der Waals surface area contributed by atoms with Gasteiger partial charge in [0.05, 0.1) is 0 Å². The second-order valence-electron chi connectivity index (χ2n) is 5.08. The lowest BCUT2D eigenvalue weighted by molar-refractivity contribution is -0.128. The highest BCUT2D eigenvalue weighted by atomic mass is 16.2. The van der Waals surface area contributed by atoms with Gasteiger partial charge in [0.15, 0.2) is 0 Å². The average molecular weight is 262 g/mol. The Balaban J connectivity index is 2.09. The molecule has 0 aliphatic carbocycles. The van der Waals surface area contributed by atoms with Gasteiger partial charge in [-0.1, -0.05) is 0 Å². The Labute approximate surface area is 114 Å². The highest BCUT2D eigenvalue weighted by Gasteiger charge is 2.17. The first-order valence-electron chi connectivity index (χ1n) is 6.80. The lowest BCUT2D eigenvalue weighted by Crippen LogP contribution is -2.33. The van der Waals surface area contributed by atoms with Crippen molar-refractivity contribution in [3.63, 3.8) is 0 Å². The Morgan fingerprint density at radius 3 is 2.84 bits per heavy atom. The molecule has 2 heterocycles. The molecule has 1 amide bonds. The van der Waals surface area contributed by atoms with E-state index in [0.29, 0.717) is 0 Å². The molecule has 1 aliphatic heterocycles. The maximum Gasteiger partial charge on any atom is 0.219 e. The first-order chi connectivity index (χ1) is 9.08. The van der Waals surface area contributed by atoms with E-state index in [0.717, 1.165) is 44.0 Å². The number of hydrogen-bond acceptors (Lipinski definition) is 4. The molecule has 1 aromatic rings. The molecule has 1 aliphatic rings. The number of amides is 1. The number of aromatic nitrogens is 1. The van der Waals surface area contributed by atoms with Gasteiger partial charge in [-0.15, -0.1) is 0 Å². The minimum atomic E-state index is 0.0162. The van der Waals surface area contributed by atoms with Gasteiger partial charge in [-0.3, -0.25) is 4.79 Å². The van der Waals surface area contributed by atoms with Crippen LogP contribution in [-0.4, -0.2) is 42.0 Å². The van der Waals surface area contributed by atoms with Gasteiger partial charge in [-0.05, 0) is 31.0 Å². The van der Waals surface area contributed by atoms with Crippen molar-refractivity contribution in [2.75, 3.05) is 31.1 Å². The number of hydrogen-bond donors (Lipinski definition) is 1. The first-order valence-corrected chi connectivity index (χ1v) is 6.80. The number of nitrogens with zero attached hydrogens (tertiary/aromatic N) is 3. The minimum Gasteiger partial charge on any atom is -0.355 e. The van der Waals surface area contributed by atoms with Crippen molar-refractivity contribution in [1.82, 2.24) is 9.88 Å². The highest BCUT2D eigenvalue weighted by molar-refractivity contribution is 5.73. The summed E-state index contributed by atoms with van der Waals surface area (Å²) in [5.74, 6) is 1.11. The molecule has 5 heteroatoms. The third-order valence-electron chi connectivity index (χ3n) is 3.56. The van der Waals surface area contributed by atoms with Crippen LogP contribution in [-0.2, 0) is 4.79 Å². The van der Waals surface area contributed by atoms with E-state index < -0.39 is 0 Å². The third-order valence-corrected chi connectivity index (χ3v) is 3.56. The molecule has 0 bridgehead atoms. The molecule has 0 radical (unpaired) electrons. The minimum absolute atomic E-state index is 0.0162. The van der Waals surface area contributed by atoms with Crippen LogP contribution in [0, 0.1) is 0 Å². The summed E-state index contributed by atoms with van der Waals surface area (Å²) in [5.41, 5.74) is 7.00. The fraction of sp³-hybridized carbons (Fsp3) is 0.571. The number of rotatable bonds is 2. The van der Waals surface area contributed by atoms with Gasteiger partial charge in [0, 0.05) is 45.3 Å². The quantitative estimate of drug-likeness (QED) is 0.868. The molecule has 1 fully saturated rings. The van der Waals surface area contributed by atoms with Crippen molar-refractivity contribution in [2.45, 2.75) is 26.3 Å². The van der Waals surface area contributed by atoms with E-state index in [9.17, 15) is 4.79 Å². The van der Waals surface area contributed by atoms with Crippen LogP contribution in [0.2, 0.25) is 0 Å². The lowest BCUT2D eigenvalue weighted by Gasteiger charge is -2.23. The summed E-state index contributed by atoms with van der Waals surface area (Å²) < 4.78 is 0. The Morgan fingerprint density at radius 1 is 1.37 bits per heavy atom. The Bertz CT molecular complexity index is 447. The number of carbonyl (C=O) groups is 1. The molecule has 0 aromatic carbocycles. The Morgan fingerprint density at radius 2 is 2.16 bits per heavy atom. The summed E-state index contributed by atoms with van der Waals surface area (Å²) in [4.78, 5) is 20.0. The summed E-state index contributed by atoms with van der Waals surface area (Å²) in [6.45, 7) is 6.95. The van der Waals surface area contributed by atoms with Crippen molar-refractivity contribution in [3.05, 3.63) is 23.9 Å². The van der Waals surface area contributed by atoms with E-state index in [4.69, 9.17) is 5.73 Å². The van der Waals surface area contributed by atoms with E-state index in [1.54, 1.807) is 6.92 Å². The second-order valence-corrected chi connectivity index (χ2v) is 5.08. The number of nitrogens with two attached hydrogens (primary N) is 1. The van der Waals surface area contributed by atoms with Crippen molar-refractivity contribution in [2.24, 2.45) is 5.73 Å². The zero-order valence-corrected chi connectivity index (χ0v) is 11.7. The SMILES string of the molecule is CC(=O)N1CCCN(c2cc([C@@H](C)N)ccn2)CC1. The van der Waals surface area contributed by atoms with Gasteiger partial charge in [0.1, 0.15) is 5.82 Å². The summed E-state index contributed by atoms with van der Waals surface area (Å²) in [6, 6.07) is 4.02. The summed E-state index contributed by atoms with van der Waals surface area (Å²) >= 11 is 0. The van der Waals surface area contributed by atoms with Gasteiger partial charge in [0.25, 0.3) is 0 Å². The van der Waals surface area contributed by atoms with E-state index in [1.807, 2.05) is 30.2 Å². The molecule has 2 N–H and O–H groups in total. The number of pyridine rings is 1. The molecule has 1 aromatic heterocycles. The fourth-order valence-electron chi connectivity index (χ4n) is 2.35. The van der Waals surface area contributed by atoms with Crippen LogP contribution < -0.4 is 10.6 Å². The summed E-state index contributed by atoms with van der Waals surface area (Å²) in [5, 5.41) is 0. The largest absolute Gasteiger partial charge is 0.355 e. The predicted molar refractivity (Wildman–Crippen MR) is 75.9 cm³/mol. The molecule has 1 atom stereocenters. The van der Waals surface area contributed by atoms with Crippen LogP contribution in [0.3, 0.4) is 0 Å². The molecule has 5 nitrogen and oxygen atoms in total. The van der Waals surface area contributed by atoms with Crippen molar-refractivity contribution in [3.8, 4) is 0 Å². The van der Waals surface area contributed by atoms with Gasteiger partial charge in [-0.2, -0.15) is 0 Å².